The van der Waals surface area contributed by atoms with Gasteiger partial charge < -0.3 is 21.1 Å². The predicted molar refractivity (Wildman–Crippen MR) is 51.2 cm³/mol. The zero-order valence-corrected chi connectivity index (χ0v) is 8.17. The number of aromatic carboxylic acids is 1. The van der Waals surface area contributed by atoms with Gasteiger partial charge in [0.1, 0.15) is 11.7 Å². The van der Waals surface area contributed by atoms with Crippen LogP contribution in [0.25, 0.3) is 0 Å². The molecule has 0 amide bonds. The van der Waals surface area contributed by atoms with Crippen LogP contribution < -0.4 is 5.73 Å². The first kappa shape index (κ1) is 12.5. The van der Waals surface area contributed by atoms with Gasteiger partial charge in [-0.15, -0.1) is 0 Å². The lowest BCUT2D eigenvalue weighted by molar-refractivity contribution is 0.0239. The number of halogens is 1. The molecule has 2 atom stereocenters. The Labute approximate surface area is 90.2 Å². The zero-order valence-electron chi connectivity index (χ0n) is 8.17. The fraction of sp³-hybridized carbons (Fsp3) is 0.333. The van der Waals surface area contributed by atoms with Gasteiger partial charge in [-0.3, -0.25) is 0 Å². The van der Waals surface area contributed by atoms with Crippen molar-refractivity contribution in [1.82, 2.24) is 4.98 Å². The molecule has 0 radical (unpaired) electrons. The van der Waals surface area contributed by atoms with Crippen LogP contribution in [0.3, 0.4) is 0 Å². The van der Waals surface area contributed by atoms with E-state index in [9.17, 15) is 19.4 Å². The number of aliphatic hydroxyl groups is 2. The Kier molecular flexibility index (Phi) is 3.88. The molecule has 88 valence electrons. The molecule has 1 aromatic heterocycles. The van der Waals surface area contributed by atoms with E-state index in [1.807, 2.05) is 0 Å². The molecule has 0 saturated carbocycles. The Morgan fingerprint density at radius 3 is 2.69 bits per heavy atom. The number of aliphatic hydroxyl groups excluding tert-OH is 2. The average molecular weight is 230 g/mol. The summed E-state index contributed by atoms with van der Waals surface area (Å²) < 4.78 is 12.9. The lowest BCUT2D eigenvalue weighted by Gasteiger charge is -2.16. The molecule has 0 aliphatic rings. The van der Waals surface area contributed by atoms with E-state index >= 15 is 0 Å². The third-order valence-corrected chi connectivity index (χ3v) is 2.04. The molecule has 1 aromatic rings. The molecule has 7 heteroatoms. The van der Waals surface area contributed by atoms with E-state index in [0.717, 1.165) is 12.3 Å². The van der Waals surface area contributed by atoms with Crippen LogP contribution in [-0.2, 0) is 0 Å². The molecule has 0 fully saturated rings. The van der Waals surface area contributed by atoms with E-state index < -0.39 is 29.7 Å². The average Bonchev–Trinajstić information content (AvgIpc) is 2.27. The van der Waals surface area contributed by atoms with E-state index in [2.05, 4.69) is 4.98 Å². The topological polar surface area (TPSA) is 117 Å². The number of nitrogens with zero attached hydrogens (tertiary/aromatic N) is 1. The normalized spacial score (nSPS) is 14.5. The van der Waals surface area contributed by atoms with Gasteiger partial charge >= 0.3 is 5.97 Å². The molecule has 16 heavy (non-hydrogen) atoms. The van der Waals surface area contributed by atoms with Gasteiger partial charge in [0.15, 0.2) is 0 Å². The van der Waals surface area contributed by atoms with Gasteiger partial charge in [0.2, 0.25) is 5.95 Å². The highest BCUT2D eigenvalue weighted by molar-refractivity contribution is 5.87. The molecule has 0 aliphatic carbocycles. The molecule has 2 unspecified atom stereocenters. The molecular weight excluding hydrogens is 219 g/mol. The van der Waals surface area contributed by atoms with Crippen molar-refractivity contribution in [3.05, 3.63) is 29.3 Å². The Bertz CT molecular complexity index is 399. The second kappa shape index (κ2) is 4.97. The number of hydrogen-bond donors (Lipinski definition) is 4. The van der Waals surface area contributed by atoms with E-state index in [0.29, 0.717) is 0 Å². The summed E-state index contributed by atoms with van der Waals surface area (Å²) in [4.78, 5) is 13.8. The van der Waals surface area contributed by atoms with Crippen LogP contribution in [0.2, 0.25) is 0 Å². The molecule has 5 N–H and O–H groups in total. The van der Waals surface area contributed by atoms with Crippen molar-refractivity contribution in [2.45, 2.75) is 12.2 Å². The van der Waals surface area contributed by atoms with Crippen molar-refractivity contribution < 1.29 is 24.5 Å². The Balaban J connectivity index is 3.07. The number of carboxylic acids is 1. The maximum atomic E-state index is 12.9. The van der Waals surface area contributed by atoms with Gasteiger partial charge in [0, 0.05) is 18.3 Å². The largest absolute Gasteiger partial charge is 0.478 e. The first-order chi connectivity index (χ1) is 7.47. The van der Waals surface area contributed by atoms with Crippen molar-refractivity contribution >= 4 is 5.97 Å². The first-order valence-electron chi connectivity index (χ1n) is 4.42. The Morgan fingerprint density at radius 1 is 1.56 bits per heavy atom. The first-order valence-corrected chi connectivity index (χ1v) is 4.42. The summed E-state index contributed by atoms with van der Waals surface area (Å²) in [6, 6.07) is 0.911. The summed E-state index contributed by atoms with van der Waals surface area (Å²) >= 11 is 0. The van der Waals surface area contributed by atoms with Crippen LogP contribution in [0, 0.1) is 5.95 Å². The van der Waals surface area contributed by atoms with E-state index in [4.69, 9.17) is 10.8 Å². The van der Waals surface area contributed by atoms with Crippen LogP contribution in [0.5, 0.6) is 0 Å². The number of hydrogen-bond acceptors (Lipinski definition) is 5. The van der Waals surface area contributed by atoms with Crippen molar-refractivity contribution in [2.75, 3.05) is 6.54 Å². The zero-order chi connectivity index (χ0) is 12.3. The Hall–Kier alpha value is -1.57. The lowest BCUT2D eigenvalue weighted by atomic mass is 10.0. The van der Waals surface area contributed by atoms with Crippen molar-refractivity contribution in [1.29, 1.82) is 0 Å². The number of aromatic nitrogens is 1. The van der Waals surface area contributed by atoms with Crippen LogP contribution in [-0.4, -0.2) is 38.9 Å². The van der Waals surface area contributed by atoms with Crippen LogP contribution >= 0.6 is 0 Å². The number of carbonyl (C=O) groups is 1. The second-order valence-corrected chi connectivity index (χ2v) is 3.16. The molecule has 0 spiro atoms. The molecule has 6 nitrogen and oxygen atoms in total. The molecule has 1 rings (SSSR count). The minimum Gasteiger partial charge on any atom is -0.478 e. The highest BCUT2D eigenvalue weighted by Gasteiger charge is 2.20. The fourth-order valence-corrected chi connectivity index (χ4v) is 1.13. The molecule has 0 aromatic carbocycles. The minimum absolute atomic E-state index is 0.00301. The minimum atomic E-state index is -1.50. The van der Waals surface area contributed by atoms with Gasteiger partial charge in [-0.1, -0.05) is 0 Å². The van der Waals surface area contributed by atoms with Crippen LogP contribution in [0.1, 0.15) is 22.0 Å². The van der Waals surface area contributed by atoms with Crippen LogP contribution in [0.4, 0.5) is 4.39 Å². The quantitative estimate of drug-likeness (QED) is 0.507. The van der Waals surface area contributed by atoms with Crippen molar-refractivity contribution in [2.24, 2.45) is 5.73 Å². The van der Waals surface area contributed by atoms with E-state index in [1.165, 1.54) is 0 Å². The van der Waals surface area contributed by atoms with Gasteiger partial charge in [-0.25, -0.2) is 9.78 Å². The highest BCUT2D eigenvalue weighted by Crippen LogP contribution is 2.18. The maximum absolute atomic E-state index is 12.9. The molecule has 0 saturated heterocycles. The highest BCUT2D eigenvalue weighted by atomic mass is 19.1. The van der Waals surface area contributed by atoms with Gasteiger partial charge in [-0.2, -0.15) is 4.39 Å². The van der Waals surface area contributed by atoms with Crippen molar-refractivity contribution in [3.8, 4) is 0 Å². The number of pyridine rings is 1. The number of carboxylic acid groups (broad SMARTS) is 1. The SMILES string of the molecule is NCC(O)C(O)c1cnc(F)c(C(=O)O)c1. The summed E-state index contributed by atoms with van der Waals surface area (Å²) in [5, 5.41) is 27.4. The maximum Gasteiger partial charge on any atom is 0.340 e. The Morgan fingerprint density at radius 2 is 2.19 bits per heavy atom. The van der Waals surface area contributed by atoms with Gasteiger partial charge in [-0.05, 0) is 6.07 Å². The third kappa shape index (κ3) is 2.51. The van der Waals surface area contributed by atoms with E-state index in [1.54, 1.807) is 0 Å². The number of nitrogens with two attached hydrogens (primary N) is 1. The van der Waals surface area contributed by atoms with Crippen molar-refractivity contribution in [3.63, 3.8) is 0 Å². The second-order valence-electron chi connectivity index (χ2n) is 3.16. The monoisotopic (exact) mass is 230 g/mol. The summed E-state index contributed by atoms with van der Waals surface area (Å²) in [6.07, 6.45) is -1.70. The summed E-state index contributed by atoms with van der Waals surface area (Å²) in [5.41, 5.74) is 4.45. The summed E-state index contributed by atoms with van der Waals surface area (Å²) in [7, 11) is 0. The predicted octanol–water partition coefficient (Wildman–Crippen LogP) is -0.728. The van der Waals surface area contributed by atoms with Gasteiger partial charge in [0.25, 0.3) is 0 Å². The molecule has 1 heterocycles. The smallest absolute Gasteiger partial charge is 0.340 e. The number of rotatable bonds is 4. The van der Waals surface area contributed by atoms with Crippen LogP contribution in [0.15, 0.2) is 12.3 Å². The molecular formula is C9H11FN2O4. The summed E-state index contributed by atoms with van der Waals surface area (Å²) in [5.74, 6) is -2.65. The summed E-state index contributed by atoms with van der Waals surface area (Å²) in [6.45, 7) is -0.207. The molecule has 0 aliphatic heterocycles. The van der Waals surface area contributed by atoms with Gasteiger partial charge in [0.05, 0.1) is 6.10 Å². The standard InChI is InChI=1S/C9H11FN2O4/c10-8-5(9(15)16)1-4(3-12-8)7(14)6(13)2-11/h1,3,6-7,13-14H,2,11H2,(H,15,16). The lowest BCUT2D eigenvalue weighted by Crippen LogP contribution is -2.27. The third-order valence-electron chi connectivity index (χ3n) is 2.04. The van der Waals surface area contributed by atoms with E-state index in [-0.39, 0.29) is 12.1 Å². The fourth-order valence-electron chi connectivity index (χ4n) is 1.13. The molecule has 0 bridgehead atoms.